The molecule has 1 aromatic heterocycles. The van der Waals surface area contributed by atoms with E-state index < -0.39 is 0 Å². The van der Waals surface area contributed by atoms with Gasteiger partial charge in [-0.1, -0.05) is 13.0 Å². The molecule has 0 saturated carbocycles. The Kier molecular flexibility index (Phi) is 2.35. The fourth-order valence-corrected chi connectivity index (χ4v) is 1.54. The smallest absolute Gasteiger partial charge is 0.128 e. The van der Waals surface area contributed by atoms with Crippen LogP contribution in [-0.2, 0) is 6.42 Å². The molecular formula is C12H13NO. The Bertz CT molecular complexity index is 451. The Morgan fingerprint density at radius 2 is 2.21 bits per heavy atom. The Balaban J connectivity index is 2.70. The van der Waals surface area contributed by atoms with Crippen LogP contribution in [0.15, 0.2) is 30.5 Å². The van der Waals surface area contributed by atoms with Crippen LogP contribution in [0.3, 0.4) is 0 Å². The lowest BCUT2D eigenvalue weighted by Crippen LogP contribution is -1.89. The quantitative estimate of drug-likeness (QED) is 0.721. The van der Waals surface area contributed by atoms with Crippen molar-refractivity contribution in [1.82, 2.24) is 4.98 Å². The number of nitrogens with zero attached hydrogens (tertiary/aromatic N) is 1. The molecule has 2 nitrogen and oxygen atoms in total. The Labute approximate surface area is 83.5 Å². The van der Waals surface area contributed by atoms with E-state index in [2.05, 4.69) is 18.0 Å². The largest absolute Gasteiger partial charge is 0.496 e. The maximum Gasteiger partial charge on any atom is 0.128 e. The molecule has 14 heavy (non-hydrogen) atoms. The van der Waals surface area contributed by atoms with E-state index in [-0.39, 0.29) is 0 Å². The molecule has 0 aliphatic rings. The summed E-state index contributed by atoms with van der Waals surface area (Å²) >= 11 is 0. The number of aryl methyl sites for hydroxylation is 1. The zero-order chi connectivity index (χ0) is 9.97. The van der Waals surface area contributed by atoms with Gasteiger partial charge in [-0.2, -0.15) is 0 Å². The third kappa shape index (κ3) is 1.43. The highest BCUT2D eigenvalue weighted by Gasteiger charge is 2.01. The van der Waals surface area contributed by atoms with Crippen LogP contribution in [0.25, 0.3) is 10.9 Å². The monoisotopic (exact) mass is 187 g/mol. The van der Waals surface area contributed by atoms with Crippen LogP contribution in [0.4, 0.5) is 0 Å². The molecule has 0 aliphatic carbocycles. The summed E-state index contributed by atoms with van der Waals surface area (Å²) in [5.41, 5.74) is 2.23. The predicted octanol–water partition coefficient (Wildman–Crippen LogP) is 2.81. The zero-order valence-electron chi connectivity index (χ0n) is 8.45. The van der Waals surface area contributed by atoms with Crippen molar-refractivity contribution in [2.45, 2.75) is 13.3 Å². The molecule has 0 radical (unpaired) electrons. The Morgan fingerprint density at radius 1 is 1.36 bits per heavy atom. The SMILES string of the molecule is CCc1cnc2cccc(OC)c2c1. The molecule has 1 heterocycles. The third-order valence-electron chi connectivity index (χ3n) is 2.37. The van der Waals surface area contributed by atoms with E-state index in [1.165, 1.54) is 5.56 Å². The van der Waals surface area contributed by atoms with Crippen LogP contribution in [0.1, 0.15) is 12.5 Å². The number of pyridine rings is 1. The lowest BCUT2D eigenvalue weighted by molar-refractivity contribution is 0.419. The summed E-state index contributed by atoms with van der Waals surface area (Å²) in [4.78, 5) is 4.38. The lowest BCUT2D eigenvalue weighted by atomic mass is 10.1. The third-order valence-corrected chi connectivity index (χ3v) is 2.37. The summed E-state index contributed by atoms with van der Waals surface area (Å²) in [5, 5.41) is 1.09. The van der Waals surface area contributed by atoms with E-state index in [0.717, 1.165) is 23.1 Å². The molecule has 0 bridgehead atoms. The number of benzene rings is 1. The van der Waals surface area contributed by atoms with E-state index in [9.17, 15) is 0 Å². The number of aromatic nitrogens is 1. The van der Waals surface area contributed by atoms with E-state index in [1.807, 2.05) is 24.4 Å². The van der Waals surface area contributed by atoms with Gasteiger partial charge < -0.3 is 4.74 Å². The second kappa shape index (κ2) is 3.66. The van der Waals surface area contributed by atoms with Gasteiger partial charge in [0.1, 0.15) is 5.75 Å². The van der Waals surface area contributed by atoms with Crippen LogP contribution in [0.5, 0.6) is 5.75 Å². The van der Waals surface area contributed by atoms with E-state index in [4.69, 9.17) is 4.74 Å². The molecule has 72 valence electrons. The van der Waals surface area contributed by atoms with E-state index >= 15 is 0 Å². The van der Waals surface area contributed by atoms with Crippen molar-refractivity contribution in [1.29, 1.82) is 0 Å². The van der Waals surface area contributed by atoms with Crippen LogP contribution in [0.2, 0.25) is 0 Å². The standard InChI is InChI=1S/C12H13NO/c1-3-9-7-10-11(13-8-9)5-4-6-12(10)14-2/h4-8H,3H2,1-2H3. The fourth-order valence-electron chi connectivity index (χ4n) is 1.54. The number of methoxy groups -OCH3 is 1. The summed E-state index contributed by atoms with van der Waals surface area (Å²) in [6.45, 7) is 2.12. The van der Waals surface area contributed by atoms with Crippen molar-refractivity contribution < 1.29 is 4.74 Å². The predicted molar refractivity (Wildman–Crippen MR) is 57.7 cm³/mol. The average molecular weight is 187 g/mol. The van der Waals surface area contributed by atoms with Gasteiger partial charge in [0, 0.05) is 11.6 Å². The molecular weight excluding hydrogens is 174 g/mol. The topological polar surface area (TPSA) is 22.1 Å². The van der Waals surface area contributed by atoms with Crippen LogP contribution in [-0.4, -0.2) is 12.1 Å². The highest BCUT2D eigenvalue weighted by molar-refractivity contribution is 5.85. The number of ether oxygens (including phenoxy) is 1. The first-order valence-corrected chi connectivity index (χ1v) is 4.76. The van der Waals surface area contributed by atoms with Gasteiger partial charge in [0.2, 0.25) is 0 Å². The van der Waals surface area contributed by atoms with E-state index in [1.54, 1.807) is 7.11 Å². The van der Waals surface area contributed by atoms with Crippen LogP contribution >= 0.6 is 0 Å². The van der Waals surface area contributed by atoms with Crippen molar-refractivity contribution in [2.75, 3.05) is 7.11 Å². The highest BCUT2D eigenvalue weighted by Crippen LogP contribution is 2.24. The van der Waals surface area contributed by atoms with Crippen LogP contribution < -0.4 is 4.74 Å². The molecule has 0 amide bonds. The maximum absolute atomic E-state index is 5.29. The molecule has 1 aromatic carbocycles. The van der Waals surface area contributed by atoms with Crippen molar-refractivity contribution in [3.63, 3.8) is 0 Å². The number of hydrogen-bond donors (Lipinski definition) is 0. The number of hydrogen-bond acceptors (Lipinski definition) is 2. The summed E-state index contributed by atoms with van der Waals surface area (Å²) in [7, 11) is 1.69. The second-order valence-electron chi connectivity index (χ2n) is 3.22. The van der Waals surface area contributed by atoms with E-state index in [0.29, 0.717) is 0 Å². The molecule has 0 atom stereocenters. The minimum Gasteiger partial charge on any atom is -0.496 e. The van der Waals surface area contributed by atoms with Crippen molar-refractivity contribution >= 4 is 10.9 Å². The average Bonchev–Trinajstić information content (AvgIpc) is 2.27. The van der Waals surface area contributed by atoms with Gasteiger partial charge in [-0.3, -0.25) is 4.98 Å². The minimum atomic E-state index is 0.894. The molecule has 2 aromatic rings. The molecule has 0 unspecified atom stereocenters. The molecule has 0 aliphatic heterocycles. The summed E-state index contributed by atoms with van der Waals surface area (Å²) < 4.78 is 5.29. The fraction of sp³-hybridized carbons (Fsp3) is 0.250. The van der Waals surface area contributed by atoms with Gasteiger partial charge in [-0.15, -0.1) is 0 Å². The first-order chi connectivity index (χ1) is 6.85. The van der Waals surface area contributed by atoms with Crippen molar-refractivity contribution in [2.24, 2.45) is 0 Å². The first-order valence-electron chi connectivity index (χ1n) is 4.76. The lowest BCUT2D eigenvalue weighted by Gasteiger charge is -2.05. The van der Waals surface area contributed by atoms with Crippen molar-refractivity contribution in [3.05, 3.63) is 36.0 Å². The first kappa shape index (κ1) is 9.00. The second-order valence-corrected chi connectivity index (χ2v) is 3.22. The van der Waals surface area contributed by atoms with Gasteiger partial charge in [-0.25, -0.2) is 0 Å². The molecule has 0 fully saturated rings. The molecule has 2 heteroatoms. The summed E-state index contributed by atoms with van der Waals surface area (Å²) in [6.07, 6.45) is 2.92. The number of fused-ring (bicyclic) bond motifs is 1. The van der Waals surface area contributed by atoms with Gasteiger partial charge in [0.15, 0.2) is 0 Å². The Hall–Kier alpha value is -1.57. The highest BCUT2D eigenvalue weighted by atomic mass is 16.5. The maximum atomic E-state index is 5.29. The van der Waals surface area contributed by atoms with Gasteiger partial charge in [0.05, 0.1) is 12.6 Å². The molecule has 0 N–H and O–H groups in total. The molecule has 0 spiro atoms. The van der Waals surface area contributed by atoms with Gasteiger partial charge in [-0.05, 0) is 30.2 Å². The molecule has 0 saturated heterocycles. The minimum absolute atomic E-state index is 0.894. The summed E-state index contributed by atoms with van der Waals surface area (Å²) in [5.74, 6) is 0.894. The van der Waals surface area contributed by atoms with Gasteiger partial charge in [0.25, 0.3) is 0 Å². The summed E-state index contributed by atoms with van der Waals surface area (Å²) in [6, 6.07) is 8.06. The zero-order valence-corrected chi connectivity index (χ0v) is 8.45. The van der Waals surface area contributed by atoms with Crippen molar-refractivity contribution in [3.8, 4) is 5.75 Å². The molecule has 2 rings (SSSR count). The normalized spacial score (nSPS) is 10.4. The number of rotatable bonds is 2. The van der Waals surface area contributed by atoms with Gasteiger partial charge >= 0.3 is 0 Å². The van der Waals surface area contributed by atoms with Crippen LogP contribution in [0, 0.1) is 0 Å². The Morgan fingerprint density at radius 3 is 2.93 bits per heavy atom.